The van der Waals surface area contributed by atoms with Gasteiger partial charge in [0, 0.05) is 24.8 Å². The highest BCUT2D eigenvalue weighted by Crippen LogP contribution is 2.36. The van der Waals surface area contributed by atoms with Gasteiger partial charge in [0.25, 0.3) is 5.91 Å². The van der Waals surface area contributed by atoms with Crippen molar-refractivity contribution < 1.29 is 4.79 Å². The first-order valence-electron chi connectivity index (χ1n) is 6.82. The second-order valence-corrected chi connectivity index (χ2v) is 5.94. The van der Waals surface area contributed by atoms with Gasteiger partial charge in [-0.05, 0) is 47.2 Å². The third-order valence-corrected chi connectivity index (χ3v) is 4.45. The first kappa shape index (κ1) is 14.1. The Morgan fingerprint density at radius 1 is 1.32 bits per heavy atom. The molecule has 0 bridgehead atoms. The van der Waals surface area contributed by atoms with Crippen molar-refractivity contribution in [1.29, 1.82) is 0 Å². The number of nitrogens with one attached hydrogen (secondary N) is 1. The van der Waals surface area contributed by atoms with Crippen LogP contribution in [0.15, 0.2) is 0 Å². The molecule has 1 N–H and O–H groups in total. The molecule has 1 aliphatic rings. The van der Waals surface area contributed by atoms with Gasteiger partial charge in [0.1, 0.15) is 0 Å². The van der Waals surface area contributed by atoms with Crippen molar-refractivity contribution in [2.45, 2.75) is 38.6 Å². The molecule has 5 heteroatoms. The normalized spacial score (nSPS) is 17.4. The molecule has 0 aromatic carbocycles. The molecule has 1 aromatic rings. The van der Waals surface area contributed by atoms with Crippen molar-refractivity contribution in [2.75, 3.05) is 27.7 Å². The first-order chi connectivity index (χ1) is 8.87. The molecule has 1 heterocycles. The van der Waals surface area contributed by atoms with Crippen LogP contribution in [-0.2, 0) is 0 Å². The lowest BCUT2D eigenvalue weighted by molar-refractivity contribution is 0.0252. The monoisotopic (exact) mass is 264 g/mol. The number of aromatic nitrogens is 2. The number of nitrogens with zero attached hydrogens (tertiary/aromatic N) is 3. The third-order valence-electron chi connectivity index (χ3n) is 4.45. The quantitative estimate of drug-likeness (QED) is 0.898. The Labute approximate surface area is 115 Å². The second kappa shape index (κ2) is 4.96. The van der Waals surface area contributed by atoms with E-state index in [0.29, 0.717) is 0 Å². The van der Waals surface area contributed by atoms with Crippen molar-refractivity contribution in [3.63, 3.8) is 0 Å². The predicted octanol–water partition coefficient (Wildman–Crippen LogP) is 1.58. The molecular formula is C14H24N4O. The first-order valence-corrected chi connectivity index (χ1v) is 6.82. The van der Waals surface area contributed by atoms with Gasteiger partial charge in [0.2, 0.25) is 0 Å². The molecule has 0 radical (unpaired) electrons. The minimum atomic E-state index is 0.0666. The Balaban J connectivity index is 2.12. The number of H-pyrrole nitrogens is 1. The maximum Gasteiger partial charge on any atom is 0.257 e. The number of amides is 1. The summed E-state index contributed by atoms with van der Waals surface area (Å²) in [6.07, 6.45) is 3.59. The van der Waals surface area contributed by atoms with Crippen LogP contribution in [0.5, 0.6) is 0 Å². The van der Waals surface area contributed by atoms with Crippen molar-refractivity contribution in [3.05, 3.63) is 17.0 Å². The minimum Gasteiger partial charge on any atom is -0.340 e. The number of carbonyl (C=O) groups excluding carboxylic acids is 1. The van der Waals surface area contributed by atoms with Crippen molar-refractivity contribution in [2.24, 2.45) is 0 Å². The fourth-order valence-corrected chi connectivity index (χ4v) is 2.90. The van der Waals surface area contributed by atoms with Gasteiger partial charge in [-0.15, -0.1) is 0 Å². The molecule has 1 amide bonds. The van der Waals surface area contributed by atoms with Gasteiger partial charge in [-0.3, -0.25) is 9.89 Å². The lowest BCUT2D eigenvalue weighted by atomic mass is 9.75. The number of hydrogen-bond acceptors (Lipinski definition) is 3. The average Bonchev–Trinajstić information content (AvgIpc) is 2.62. The smallest absolute Gasteiger partial charge is 0.257 e. The summed E-state index contributed by atoms with van der Waals surface area (Å²) in [6.45, 7) is 4.55. The second-order valence-electron chi connectivity index (χ2n) is 5.94. The zero-order valence-electron chi connectivity index (χ0n) is 12.6. The van der Waals surface area contributed by atoms with Crippen LogP contribution in [0.4, 0.5) is 0 Å². The van der Waals surface area contributed by atoms with Gasteiger partial charge in [-0.25, -0.2) is 0 Å². The standard InChI is InChI=1S/C14H24N4O/c1-10-12(11(2)16-15-10)13(19)18(5)9-14(17(3)4)7-6-8-14/h6-9H2,1-5H3,(H,15,16). The number of aryl methyl sites for hydroxylation is 2. The maximum absolute atomic E-state index is 12.5. The highest BCUT2D eigenvalue weighted by molar-refractivity contribution is 5.96. The molecule has 19 heavy (non-hydrogen) atoms. The lowest BCUT2D eigenvalue weighted by Gasteiger charge is -2.49. The average molecular weight is 264 g/mol. The van der Waals surface area contributed by atoms with Crippen LogP contribution in [0, 0.1) is 13.8 Å². The van der Waals surface area contributed by atoms with Crippen LogP contribution in [0.1, 0.15) is 41.0 Å². The summed E-state index contributed by atoms with van der Waals surface area (Å²) in [5.41, 5.74) is 2.51. The predicted molar refractivity (Wildman–Crippen MR) is 75.3 cm³/mol. The van der Waals surface area contributed by atoms with Crippen LogP contribution < -0.4 is 0 Å². The molecule has 0 unspecified atom stereocenters. The van der Waals surface area contributed by atoms with Gasteiger partial charge >= 0.3 is 0 Å². The molecule has 0 aliphatic heterocycles. The largest absolute Gasteiger partial charge is 0.340 e. The summed E-state index contributed by atoms with van der Waals surface area (Å²) >= 11 is 0. The molecule has 1 aliphatic carbocycles. The summed E-state index contributed by atoms with van der Waals surface area (Å²) in [6, 6.07) is 0. The van der Waals surface area contributed by atoms with Crippen LogP contribution in [0.25, 0.3) is 0 Å². The Morgan fingerprint density at radius 3 is 2.32 bits per heavy atom. The fourth-order valence-electron chi connectivity index (χ4n) is 2.90. The highest BCUT2D eigenvalue weighted by Gasteiger charge is 2.41. The molecule has 1 fully saturated rings. The number of carbonyl (C=O) groups is 1. The molecule has 1 aromatic heterocycles. The topological polar surface area (TPSA) is 52.2 Å². The van der Waals surface area contributed by atoms with Crippen LogP contribution in [0.2, 0.25) is 0 Å². The number of hydrogen-bond donors (Lipinski definition) is 1. The lowest BCUT2D eigenvalue weighted by Crippen LogP contribution is -2.57. The Kier molecular flexibility index (Phi) is 3.67. The Bertz CT molecular complexity index is 454. The van der Waals surface area contributed by atoms with Crippen LogP contribution in [0.3, 0.4) is 0 Å². The molecule has 106 valence electrons. The molecule has 0 spiro atoms. The molecule has 0 atom stereocenters. The van der Waals surface area contributed by atoms with E-state index < -0.39 is 0 Å². The van der Waals surface area contributed by atoms with Crippen LogP contribution >= 0.6 is 0 Å². The molecule has 2 rings (SSSR count). The highest BCUT2D eigenvalue weighted by atomic mass is 16.2. The van der Waals surface area contributed by atoms with Gasteiger partial charge in [0.05, 0.1) is 11.3 Å². The van der Waals surface area contributed by atoms with Crippen molar-refractivity contribution >= 4 is 5.91 Å². The van der Waals surface area contributed by atoms with Crippen LogP contribution in [-0.4, -0.2) is 59.1 Å². The molecule has 5 nitrogen and oxygen atoms in total. The van der Waals surface area contributed by atoms with Gasteiger partial charge in [-0.2, -0.15) is 5.10 Å². The number of aromatic amines is 1. The van der Waals surface area contributed by atoms with Crippen molar-refractivity contribution in [3.8, 4) is 0 Å². The molecular weight excluding hydrogens is 240 g/mol. The van der Waals surface area contributed by atoms with E-state index in [1.165, 1.54) is 19.3 Å². The van der Waals surface area contributed by atoms with Gasteiger partial charge in [0.15, 0.2) is 0 Å². The summed E-state index contributed by atoms with van der Waals surface area (Å²) in [5, 5.41) is 6.98. The van der Waals surface area contributed by atoms with Crippen molar-refractivity contribution in [1.82, 2.24) is 20.0 Å². The fraction of sp³-hybridized carbons (Fsp3) is 0.714. The number of likely N-dealkylation sites (N-methyl/N-ethyl adjacent to an activating group) is 2. The van der Waals surface area contributed by atoms with E-state index in [4.69, 9.17) is 0 Å². The van der Waals surface area contributed by atoms with E-state index in [0.717, 1.165) is 23.5 Å². The molecule has 1 saturated carbocycles. The van der Waals surface area contributed by atoms with E-state index in [9.17, 15) is 4.79 Å². The summed E-state index contributed by atoms with van der Waals surface area (Å²) < 4.78 is 0. The zero-order valence-corrected chi connectivity index (χ0v) is 12.6. The van der Waals surface area contributed by atoms with E-state index in [1.807, 2.05) is 25.8 Å². The summed E-state index contributed by atoms with van der Waals surface area (Å²) in [4.78, 5) is 16.6. The Morgan fingerprint density at radius 2 is 1.95 bits per heavy atom. The zero-order chi connectivity index (χ0) is 14.2. The summed E-state index contributed by atoms with van der Waals surface area (Å²) in [7, 11) is 6.09. The Hall–Kier alpha value is -1.36. The number of rotatable bonds is 4. The van der Waals surface area contributed by atoms with E-state index >= 15 is 0 Å². The SMILES string of the molecule is Cc1n[nH]c(C)c1C(=O)N(C)CC1(N(C)C)CCC1. The van der Waals surface area contributed by atoms with Gasteiger partial charge in [-0.1, -0.05) is 0 Å². The molecule has 0 saturated heterocycles. The minimum absolute atomic E-state index is 0.0666. The van der Waals surface area contributed by atoms with E-state index in [-0.39, 0.29) is 11.4 Å². The van der Waals surface area contributed by atoms with E-state index in [1.54, 1.807) is 0 Å². The maximum atomic E-state index is 12.5. The summed E-state index contributed by atoms with van der Waals surface area (Å²) in [5.74, 6) is 0.0666. The van der Waals surface area contributed by atoms with E-state index in [2.05, 4.69) is 29.2 Å². The van der Waals surface area contributed by atoms with Gasteiger partial charge < -0.3 is 9.80 Å². The third kappa shape index (κ3) is 2.39.